The first-order chi connectivity index (χ1) is 13.6. The van der Waals surface area contributed by atoms with Crippen molar-refractivity contribution in [1.82, 2.24) is 15.3 Å². The minimum Gasteiger partial charge on any atom is -0.481 e. The zero-order chi connectivity index (χ0) is 19.9. The average molecular weight is 379 g/mol. The third-order valence-electron chi connectivity index (χ3n) is 4.06. The first-order valence-corrected chi connectivity index (χ1v) is 8.70. The van der Waals surface area contributed by atoms with Crippen LogP contribution >= 0.6 is 0 Å². The number of carbonyl (C=O) groups excluding carboxylic acids is 1. The fourth-order valence-corrected chi connectivity index (χ4v) is 2.58. The molecule has 0 aliphatic carbocycles. The number of rotatable bonds is 7. The maximum absolute atomic E-state index is 12.8. The molecule has 0 radical (unpaired) electrons. The Morgan fingerprint density at radius 1 is 0.929 bits per heavy atom. The zero-order valence-electron chi connectivity index (χ0n) is 15.9. The van der Waals surface area contributed by atoms with Crippen LogP contribution in [0.4, 0.5) is 0 Å². The summed E-state index contributed by atoms with van der Waals surface area (Å²) < 4.78 is 16.0. The van der Waals surface area contributed by atoms with E-state index in [0.29, 0.717) is 23.1 Å². The number of nitrogens with one attached hydrogen (secondary N) is 1. The number of para-hydroxylation sites is 1. The van der Waals surface area contributed by atoms with Gasteiger partial charge in [-0.1, -0.05) is 42.5 Å². The normalized spacial score (nSPS) is 11.4. The van der Waals surface area contributed by atoms with E-state index in [2.05, 4.69) is 15.3 Å². The summed E-state index contributed by atoms with van der Waals surface area (Å²) in [6.07, 6.45) is 0. The number of aromatic nitrogens is 2. The molecule has 7 heteroatoms. The second kappa shape index (κ2) is 8.85. The van der Waals surface area contributed by atoms with Gasteiger partial charge >= 0.3 is 6.01 Å². The molecule has 1 N–H and O–H groups in total. The van der Waals surface area contributed by atoms with E-state index in [4.69, 9.17) is 14.2 Å². The summed E-state index contributed by atoms with van der Waals surface area (Å²) in [6, 6.07) is 18.0. The zero-order valence-corrected chi connectivity index (χ0v) is 15.9. The summed E-state index contributed by atoms with van der Waals surface area (Å²) in [6.45, 7) is 1.92. The standard InChI is InChI=1S/C21H21N3O4/c1-14(15-9-5-4-6-10-15)22-20(25)16-11-7-8-12-17(16)28-21-23-18(26-2)13-19(24-21)27-3/h4-14H,1-3H3,(H,22,25)/t14-/m1/s1. The molecule has 0 unspecified atom stereocenters. The topological polar surface area (TPSA) is 82.6 Å². The molecule has 0 fully saturated rings. The Hall–Kier alpha value is -3.61. The highest BCUT2D eigenvalue weighted by Gasteiger charge is 2.17. The van der Waals surface area contributed by atoms with E-state index >= 15 is 0 Å². The Kier molecular flexibility index (Phi) is 6.06. The van der Waals surface area contributed by atoms with Gasteiger partial charge in [0.2, 0.25) is 11.8 Å². The minimum absolute atomic E-state index is 0.0209. The van der Waals surface area contributed by atoms with E-state index in [9.17, 15) is 4.79 Å². The van der Waals surface area contributed by atoms with Gasteiger partial charge in [0, 0.05) is 0 Å². The van der Waals surface area contributed by atoms with Crippen molar-refractivity contribution in [3.8, 4) is 23.5 Å². The summed E-state index contributed by atoms with van der Waals surface area (Å²) in [7, 11) is 2.97. The van der Waals surface area contributed by atoms with Crippen molar-refractivity contribution in [2.45, 2.75) is 13.0 Å². The van der Waals surface area contributed by atoms with E-state index in [1.807, 2.05) is 37.3 Å². The summed E-state index contributed by atoms with van der Waals surface area (Å²) in [5, 5.41) is 2.97. The lowest BCUT2D eigenvalue weighted by Gasteiger charge is -2.16. The van der Waals surface area contributed by atoms with Crippen LogP contribution in [0.5, 0.6) is 23.5 Å². The fourth-order valence-electron chi connectivity index (χ4n) is 2.58. The van der Waals surface area contributed by atoms with Crippen LogP contribution in [0.2, 0.25) is 0 Å². The molecule has 0 saturated carbocycles. The monoisotopic (exact) mass is 379 g/mol. The molecular formula is C21H21N3O4. The van der Waals surface area contributed by atoms with Crippen LogP contribution in [0.15, 0.2) is 60.7 Å². The van der Waals surface area contributed by atoms with Gasteiger partial charge in [-0.15, -0.1) is 0 Å². The van der Waals surface area contributed by atoms with Gasteiger partial charge in [0.15, 0.2) is 0 Å². The molecule has 0 saturated heterocycles. The predicted molar refractivity (Wildman–Crippen MR) is 104 cm³/mol. The minimum atomic E-state index is -0.262. The highest BCUT2D eigenvalue weighted by molar-refractivity contribution is 5.97. The Balaban J connectivity index is 1.82. The van der Waals surface area contributed by atoms with Gasteiger partial charge in [0.25, 0.3) is 5.91 Å². The summed E-state index contributed by atoms with van der Waals surface area (Å²) in [4.78, 5) is 21.1. The Bertz CT molecular complexity index is 925. The van der Waals surface area contributed by atoms with Crippen LogP contribution < -0.4 is 19.5 Å². The first-order valence-electron chi connectivity index (χ1n) is 8.70. The average Bonchev–Trinajstić information content (AvgIpc) is 2.74. The van der Waals surface area contributed by atoms with Crippen LogP contribution in [-0.4, -0.2) is 30.1 Å². The molecule has 0 aliphatic heterocycles. The summed E-state index contributed by atoms with van der Waals surface area (Å²) in [5.74, 6) is 0.653. The highest BCUT2D eigenvalue weighted by atomic mass is 16.5. The number of amides is 1. The number of nitrogens with zero attached hydrogens (tertiary/aromatic N) is 2. The van der Waals surface area contributed by atoms with Gasteiger partial charge in [-0.25, -0.2) is 0 Å². The molecule has 0 bridgehead atoms. The number of hydrogen-bond acceptors (Lipinski definition) is 6. The summed E-state index contributed by atoms with van der Waals surface area (Å²) >= 11 is 0. The summed E-state index contributed by atoms with van der Waals surface area (Å²) in [5.41, 5.74) is 1.38. The van der Waals surface area contributed by atoms with Crippen molar-refractivity contribution in [3.05, 3.63) is 71.8 Å². The largest absolute Gasteiger partial charge is 0.481 e. The third kappa shape index (κ3) is 4.56. The Morgan fingerprint density at radius 2 is 1.54 bits per heavy atom. The van der Waals surface area contributed by atoms with Crippen molar-refractivity contribution in [2.24, 2.45) is 0 Å². The predicted octanol–water partition coefficient (Wildman–Crippen LogP) is 3.78. The van der Waals surface area contributed by atoms with Crippen molar-refractivity contribution in [2.75, 3.05) is 14.2 Å². The van der Waals surface area contributed by atoms with E-state index in [1.54, 1.807) is 24.3 Å². The fraction of sp³-hybridized carbons (Fsp3) is 0.190. The smallest absolute Gasteiger partial charge is 0.328 e. The van der Waals surface area contributed by atoms with E-state index in [1.165, 1.54) is 20.3 Å². The molecule has 0 aliphatic rings. The van der Waals surface area contributed by atoms with E-state index < -0.39 is 0 Å². The van der Waals surface area contributed by atoms with E-state index in [-0.39, 0.29) is 18.0 Å². The molecule has 28 heavy (non-hydrogen) atoms. The SMILES string of the molecule is COc1cc(OC)nc(Oc2ccccc2C(=O)N[C@H](C)c2ccccc2)n1. The maximum atomic E-state index is 12.8. The second-order valence-electron chi connectivity index (χ2n) is 5.94. The quantitative estimate of drug-likeness (QED) is 0.673. The number of benzene rings is 2. The van der Waals surface area contributed by atoms with Gasteiger partial charge in [0.1, 0.15) is 5.75 Å². The lowest BCUT2D eigenvalue weighted by atomic mass is 10.1. The molecule has 1 atom stereocenters. The molecule has 2 aromatic carbocycles. The number of methoxy groups -OCH3 is 2. The van der Waals surface area contributed by atoms with Crippen LogP contribution in [-0.2, 0) is 0 Å². The molecule has 3 aromatic rings. The van der Waals surface area contributed by atoms with Crippen molar-refractivity contribution in [1.29, 1.82) is 0 Å². The van der Waals surface area contributed by atoms with Gasteiger partial charge in [0.05, 0.1) is 31.9 Å². The molecule has 7 nitrogen and oxygen atoms in total. The maximum Gasteiger partial charge on any atom is 0.328 e. The van der Waals surface area contributed by atoms with Crippen molar-refractivity contribution >= 4 is 5.91 Å². The Labute approximate surface area is 163 Å². The van der Waals surface area contributed by atoms with Crippen LogP contribution in [0, 0.1) is 0 Å². The van der Waals surface area contributed by atoms with Crippen LogP contribution in [0.25, 0.3) is 0 Å². The van der Waals surface area contributed by atoms with Gasteiger partial charge in [-0.2, -0.15) is 9.97 Å². The Morgan fingerprint density at radius 3 is 2.18 bits per heavy atom. The molecule has 1 amide bonds. The molecule has 0 spiro atoms. The van der Waals surface area contributed by atoms with Crippen LogP contribution in [0.1, 0.15) is 28.9 Å². The lowest BCUT2D eigenvalue weighted by molar-refractivity contribution is 0.0937. The number of hydrogen-bond donors (Lipinski definition) is 1. The van der Waals surface area contributed by atoms with Gasteiger partial charge in [-0.05, 0) is 24.6 Å². The van der Waals surface area contributed by atoms with Crippen molar-refractivity contribution in [3.63, 3.8) is 0 Å². The molecule has 3 rings (SSSR count). The third-order valence-corrected chi connectivity index (χ3v) is 4.06. The molecule has 1 heterocycles. The molecular weight excluding hydrogens is 358 g/mol. The van der Waals surface area contributed by atoms with Gasteiger partial charge in [-0.3, -0.25) is 4.79 Å². The van der Waals surface area contributed by atoms with E-state index in [0.717, 1.165) is 5.56 Å². The number of carbonyl (C=O) groups is 1. The van der Waals surface area contributed by atoms with Crippen LogP contribution in [0.3, 0.4) is 0 Å². The first kappa shape index (κ1) is 19.2. The van der Waals surface area contributed by atoms with Gasteiger partial charge < -0.3 is 19.5 Å². The lowest BCUT2D eigenvalue weighted by Crippen LogP contribution is -2.27. The molecule has 144 valence electrons. The second-order valence-corrected chi connectivity index (χ2v) is 5.94. The highest BCUT2D eigenvalue weighted by Crippen LogP contribution is 2.27. The van der Waals surface area contributed by atoms with Crippen molar-refractivity contribution < 1.29 is 19.0 Å². The number of ether oxygens (including phenoxy) is 3. The molecule has 1 aromatic heterocycles.